The predicted octanol–water partition coefficient (Wildman–Crippen LogP) is 6.12. The van der Waals surface area contributed by atoms with Gasteiger partial charge in [-0.05, 0) is 97.4 Å². The van der Waals surface area contributed by atoms with Gasteiger partial charge in [0, 0.05) is 13.1 Å². The first-order valence-corrected chi connectivity index (χ1v) is 14.0. The molecule has 5 aromatic carbocycles. The number of hydrogen-bond acceptors (Lipinski definition) is 7. The Kier molecular flexibility index (Phi) is 6.63. The van der Waals surface area contributed by atoms with E-state index in [9.17, 15) is 19.2 Å². The van der Waals surface area contributed by atoms with Gasteiger partial charge in [-0.15, -0.1) is 0 Å². The lowest BCUT2D eigenvalue weighted by atomic mass is 10.1. The second-order valence-corrected chi connectivity index (χ2v) is 10.6. The summed E-state index contributed by atoms with van der Waals surface area (Å²) in [6.07, 6.45) is 0. The van der Waals surface area contributed by atoms with Crippen LogP contribution in [0.5, 0.6) is 34.5 Å². The fourth-order valence-corrected chi connectivity index (χ4v) is 5.25. The SMILES string of the molecule is Cc1cccc(Oc2ccc(Oc3ccc(Oc4cccc(-n5c(=O)c6cc7c(=O)n(C)c(=O)c7cc6c5=O)c4)cc3)cc2)c1. The van der Waals surface area contributed by atoms with Gasteiger partial charge in [-0.2, -0.15) is 0 Å². The Morgan fingerprint density at radius 2 is 0.844 bits per heavy atom. The van der Waals surface area contributed by atoms with Crippen LogP contribution >= 0.6 is 0 Å². The van der Waals surface area contributed by atoms with E-state index in [4.69, 9.17) is 14.2 Å². The zero-order valence-electron chi connectivity index (χ0n) is 24.1. The van der Waals surface area contributed by atoms with E-state index < -0.39 is 22.2 Å². The first-order chi connectivity index (χ1) is 21.7. The van der Waals surface area contributed by atoms with Crippen molar-refractivity contribution in [1.82, 2.24) is 9.13 Å². The Morgan fingerprint density at radius 3 is 1.31 bits per heavy atom. The molecule has 0 bridgehead atoms. The molecular weight excluding hydrogens is 572 g/mol. The van der Waals surface area contributed by atoms with Crippen LogP contribution in [0.1, 0.15) is 5.56 Å². The molecule has 45 heavy (non-hydrogen) atoms. The normalized spacial score (nSPS) is 11.2. The fraction of sp³-hybridized carbons (Fsp3) is 0.0556. The molecule has 0 aliphatic heterocycles. The Morgan fingerprint density at radius 1 is 0.444 bits per heavy atom. The maximum atomic E-state index is 13.3. The van der Waals surface area contributed by atoms with Crippen LogP contribution in [-0.4, -0.2) is 9.13 Å². The molecule has 220 valence electrons. The van der Waals surface area contributed by atoms with Crippen LogP contribution in [0.2, 0.25) is 0 Å². The summed E-state index contributed by atoms with van der Waals surface area (Å²) in [5.41, 5.74) is -0.773. The smallest absolute Gasteiger partial charge is 0.266 e. The summed E-state index contributed by atoms with van der Waals surface area (Å²) in [6, 6.07) is 31.3. The molecule has 7 rings (SSSR count). The number of benzene rings is 5. The average Bonchev–Trinajstić information content (AvgIpc) is 3.41. The first-order valence-electron chi connectivity index (χ1n) is 14.0. The number of aromatic nitrogens is 2. The summed E-state index contributed by atoms with van der Waals surface area (Å²) < 4.78 is 19.8. The number of fused-ring (bicyclic) bond motifs is 2. The Bertz CT molecular complexity index is 2370. The lowest BCUT2D eigenvalue weighted by molar-refractivity contribution is 0.464. The van der Waals surface area contributed by atoms with Crippen molar-refractivity contribution in [2.45, 2.75) is 6.92 Å². The van der Waals surface area contributed by atoms with E-state index in [0.29, 0.717) is 34.4 Å². The van der Waals surface area contributed by atoms with E-state index in [0.717, 1.165) is 20.4 Å². The second kappa shape index (κ2) is 10.8. The molecule has 7 aromatic rings. The third-order valence-corrected chi connectivity index (χ3v) is 7.51. The second-order valence-electron chi connectivity index (χ2n) is 10.6. The third kappa shape index (κ3) is 5.06. The van der Waals surface area contributed by atoms with Crippen molar-refractivity contribution in [3.8, 4) is 40.2 Å². The molecule has 2 heterocycles. The van der Waals surface area contributed by atoms with Gasteiger partial charge in [0.2, 0.25) is 0 Å². The van der Waals surface area contributed by atoms with Crippen molar-refractivity contribution < 1.29 is 14.2 Å². The van der Waals surface area contributed by atoms with Gasteiger partial charge < -0.3 is 14.2 Å². The predicted molar refractivity (Wildman–Crippen MR) is 171 cm³/mol. The van der Waals surface area contributed by atoms with Gasteiger partial charge in [-0.1, -0.05) is 18.2 Å². The minimum Gasteiger partial charge on any atom is -0.457 e. The van der Waals surface area contributed by atoms with Crippen LogP contribution in [0.3, 0.4) is 0 Å². The molecule has 0 amide bonds. The highest BCUT2D eigenvalue weighted by atomic mass is 16.5. The summed E-state index contributed by atoms with van der Waals surface area (Å²) in [7, 11) is 1.36. The van der Waals surface area contributed by atoms with Crippen molar-refractivity contribution in [2.24, 2.45) is 7.05 Å². The molecule has 2 aromatic heterocycles. The Hall–Kier alpha value is -6.22. The maximum Gasteiger partial charge on any atom is 0.266 e. The van der Waals surface area contributed by atoms with Crippen molar-refractivity contribution in [1.29, 1.82) is 0 Å². The average molecular weight is 597 g/mol. The van der Waals surface area contributed by atoms with Crippen molar-refractivity contribution >= 4 is 21.5 Å². The molecule has 9 nitrogen and oxygen atoms in total. The van der Waals surface area contributed by atoms with E-state index in [1.54, 1.807) is 48.5 Å². The lowest BCUT2D eigenvalue weighted by Crippen LogP contribution is -2.23. The van der Waals surface area contributed by atoms with E-state index >= 15 is 0 Å². The number of hydrogen-bond donors (Lipinski definition) is 0. The molecule has 0 N–H and O–H groups in total. The molecule has 0 saturated heterocycles. The standard InChI is InChI=1S/C36H24N2O7/c1-21-5-3-7-27(17-21)44-25-13-9-23(10-14-25)43-24-11-15-26(16-12-24)45-28-8-4-6-22(18-28)38-35(41)31-19-29-30(20-32(31)36(38)42)34(40)37(2)33(29)39/h3-20H,1-2H3. The number of rotatable bonds is 7. The van der Waals surface area contributed by atoms with Crippen LogP contribution in [0.25, 0.3) is 27.2 Å². The van der Waals surface area contributed by atoms with Gasteiger partial charge >= 0.3 is 0 Å². The minimum atomic E-state index is -0.582. The number of nitrogens with zero attached hydrogens (tertiary/aromatic N) is 2. The van der Waals surface area contributed by atoms with Crippen LogP contribution in [-0.2, 0) is 7.05 Å². The lowest BCUT2D eigenvalue weighted by Gasteiger charge is -2.10. The summed E-state index contributed by atoms with van der Waals surface area (Å²) in [6.45, 7) is 2.01. The van der Waals surface area contributed by atoms with Crippen LogP contribution in [0.4, 0.5) is 0 Å². The molecule has 0 spiro atoms. The van der Waals surface area contributed by atoms with Gasteiger partial charge in [-0.25, -0.2) is 4.57 Å². The van der Waals surface area contributed by atoms with Crippen molar-refractivity contribution in [2.75, 3.05) is 0 Å². The summed E-state index contributed by atoms with van der Waals surface area (Å²) >= 11 is 0. The van der Waals surface area contributed by atoms with E-state index in [1.165, 1.54) is 19.2 Å². The maximum absolute atomic E-state index is 13.3. The molecule has 0 aliphatic rings. The van der Waals surface area contributed by atoms with Crippen LogP contribution < -0.4 is 36.4 Å². The van der Waals surface area contributed by atoms with Crippen LogP contribution in [0.15, 0.2) is 128 Å². The first kappa shape index (κ1) is 27.6. The van der Waals surface area contributed by atoms with E-state index in [1.807, 2.05) is 55.5 Å². The Balaban J connectivity index is 1.08. The molecular formula is C36H24N2O7. The molecule has 0 aliphatic carbocycles. The number of ether oxygens (including phenoxy) is 3. The minimum absolute atomic E-state index is 0.0746. The largest absolute Gasteiger partial charge is 0.457 e. The highest BCUT2D eigenvalue weighted by Crippen LogP contribution is 2.30. The van der Waals surface area contributed by atoms with E-state index in [-0.39, 0.29) is 21.5 Å². The van der Waals surface area contributed by atoms with Gasteiger partial charge in [-0.3, -0.25) is 23.7 Å². The molecule has 0 radical (unpaired) electrons. The van der Waals surface area contributed by atoms with E-state index in [2.05, 4.69) is 0 Å². The van der Waals surface area contributed by atoms with Gasteiger partial charge in [0.25, 0.3) is 22.2 Å². The molecule has 0 unspecified atom stereocenters. The zero-order chi connectivity index (χ0) is 31.2. The summed E-state index contributed by atoms with van der Waals surface area (Å²) in [5.74, 6) is 3.61. The molecule has 9 heteroatoms. The van der Waals surface area contributed by atoms with Gasteiger partial charge in [0.1, 0.15) is 34.5 Å². The Labute approximate surface area is 255 Å². The zero-order valence-corrected chi connectivity index (χ0v) is 24.1. The fourth-order valence-electron chi connectivity index (χ4n) is 5.25. The number of aryl methyl sites for hydroxylation is 1. The highest BCUT2D eigenvalue weighted by Gasteiger charge is 2.19. The quantitative estimate of drug-likeness (QED) is 0.218. The summed E-state index contributed by atoms with van der Waals surface area (Å²) in [4.78, 5) is 51.4. The molecule has 0 saturated carbocycles. The van der Waals surface area contributed by atoms with Gasteiger partial charge in [0.05, 0.1) is 27.2 Å². The summed E-state index contributed by atoms with van der Waals surface area (Å²) in [5, 5.41) is 0.368. The van der Waals surface area contributed by atoms with Crippen molar-refractivity contribution in [3.05, 3.63) is 156 Å². The van der Waals surface area contributed by atoms with Gasteiger partial charge in [0.15, 0.2) is 0 Å². The van der Waals surface area contributed by atoms with Crippen molar-refractivity contribution in [3.63, 3.8) is 0 Å². The monoisotopic (exact) mass is 596 g/mol. The highest BCUT2D eigenvalue weighted by molar-refractivity contribution is 5.98. The third-order valence-electron chi connectivity index (χ3n) is 7.51. The molecule has 0 atom stereocenters. The van der Waals surface area contributed by atoms with Crippen LogP contribution in [0, 0.1) is 6.92 Å². The topological polar surface area (TPSA) is 106 Å². The molecule has 0 fully saturated rings.